The predicted octanol–water partition coefficient (Wildman–Crippen LogP) is 8.04. The van der Waals surface area contributed by atoms with Gasteiger partial charge >= 0.3 is 0 Å². The summed E-state index contributed by atoms with van der Waals surface area (Å²) in [6, 6.07) is 40.8. The van der Waals surface area contributed by atoms with E-state index in [1.807, 2.05) is 12.4 Å². The number of pyridine rings is 2. The SMILES string of the molecule is c1ccc2c(c1)C1=C(c3ccccc3C13c1ccccc1-c1cnccc13)C21c2ccccc2-c2cnccc21. The summed E-state index contributed by atoms with van der Waals surface area (Å²) >= 11 is 0. The first-order valence-corrected chi connectivity index (χ1v) is 13.9. The molecule has 0 radical (unpaired) electrons. The lowest BCUT2D eigenvalue weighted by Crippen LogP contribution is -2.28. The Morgan fingerprint density at radius 2 is 0.650 bits per heavy atom. The van der Waals surface area contributed by atoms with Gasteiger partial charge in [-0.2, -0.15) is 0 Å². The summed E-state index contributed by atoms with van der Waals surface area (Å²) in [5.74, 6) is 0. The Hall–Kier alpha value is -5.08. The molecular weight excluding hydrogens is 484 g/mol. The second-order valence-corrected chi connectivity index (χ2v) is 11.3. The zero-order valence-electron chi connectivity index (χ0n) is 21.6. The zero-order valence-corrected chi connectivity index (χ0v) is 21.6. The number of aromatic nitrogens is 2. The van der Waals surface area contributed by atoms with E-state index in [-0.39, 0.29) is 0 Å². The normalized spacial score (nSPS) is 21.6. The summed E-state index contributed by atoms with van der Waals surface area (Å²) in [4.78, 5) is 9.21. The highest BCUT2D eigenvalue weighted by Gasteiger charge is 2.63. The molecule has 0 N–H and O–H groups in total. The van der Waals surface area contributed by atoms with Crippen LogP contribution >= 0.6 is 0 Å². The lowest BCUT2D eigenvalue weighted by atomic mass is 9.66. The molecule has 2 aromatic heterocycles. The Labute approximate surface area is 232 Å². The maximum Gasteiger partial charge on any atom is 0.0729 e. The molecule has 0 saturated carbocycles. The Morgan fingerprint density at radius 3 is 1.07 bits per heavy atom. The fourth-order valence-electron chi connectivity index (χ4n) is 8.75. The first-order valence-electron chi connectivity index (χ1n) is 13.9. The van der Waals surface area contributed by atoms with Crippen molar-refractivity contribution in [2.24, 2.45) is 0 Å². The van der Waals surface area contributed by atoms with Gasteiger partial charge in [-0.1, -0.05) is 97.1 Å². The molecule has 0 bridgehead atoms. The third-order valence-corrected chi connectivity index (χ3v) is 9.89. The van der Waals surface area contributed by atoms with Crippen LogP contribution in [0.4, 0.5) is 0 Å². The van der Waals surface area contributed by atoms with Crippen LogP contribution in [0.15, 0.2) is 134 Å². The number of fused-ring (bicyclic) bond motifs is 18. The van der Waals surface area contributed by atoms with Gasteiger partial charge in [0.25, 0.3) is 0 Å². The summed E-state index contributed by atoms with van der Waals surface area (Å²) in [6.45, 7) is 0. The topological polar surface area (TPSA) is 25.8 Å². The Morgan fingerprint density at radius 1 is 0.325 bits per heavy atom. The van der Waals surface area contributed by atoms with Gasteiger partial charge in [0.2, 0.25) is 0 Å². The third kappa shape index (κ3) is 2.02. The van der Waals surface area contributed by atoms with Crippen LogP contribution in [0.2, 0.25) is 0 Å². The van der Waals surface area contributed by atoms with Gasteiger partial charge in [0.05, 0.1) is 10.8 Å². The fourth-order valence-corrected chi connectivity index (χ4v) is 8.75. The molecule has 10 rings (SSSR count). The van der Waals surface area contributed by atoms with Crippen molar-refractivity contribution in [1.29, 1.82) is 0 Å². The molecule has 2 heterocycles. The number of rotatable bonds is 0. The van der Waals surface area contributed by atoms with Crippen LogP contribution in [-0.2, 0) is 10.8 Å². The van der Waals surface area contributed by atoms with E-state index < -0.39 is 10.8 Å². The minimum Gasteiger partial charge on any atom is -0.264 e. The highest BCUT2D eigenvalue weighted by Crippen LogP contribution is 2.74. The molecule has 0 amide bonds. The van der Waals surface area contributed by atoms with E-state index in [0.29, 0.717) is 0 Å². The van der Waals surface area contributed by atoms with E-state index in [1.54, 1.807) is 0 Å². The van der Waals surface area contributed by atoms with Gasteiger partial charge in [-0.05, 0) is 78.9 Å². The van der Waals surface area contributed by atoms with E-state index in [4.69, 9.17) is 0 Å². The van der Waals surface area contributed by atoms with Gasteiger partial charge in [-0.15, -0.1) is 0 Å². The summed E-state index contributed by atoms with van der Waals surface area (Å²) in [6.07, 6.45) is 8.06. The van der Waals surface area contributed by atoms with Crippen LogP contribution < -0.4 is 0 Å². The van der Waals surface area contributed by atoms with Crippen molar-refractivity contribution in [3.8, 4) is 22.3 Å². The van der Waals surface area contributed by atoms with Crippen molar-refractivity contribution < 1.29 is 0 Å². The average molecular weight is 507 g/mol. The molecular formula is C38H22N2. The smallest absolute Gasteiger partial charge is 0.0729 e. The lowest BCUT2D eigenvalue weighted by Gasteiger charge is -2.34. The van der Waals surface area contributed by atoms with E-state index in [9.17, 15) is 0 Å². The molecule has 4 aliphatic carbocycles. The number of nitrogens with zero attached hydrogens (tertiary/aromatic N) is 2. The lowest BCUT2D eigenvalue weighted by molar-refractivity contribution is 0.824. The van der Waals surface area contributed by atoms with Crippen LogP contribution in [0.5, 0.6) is 0 Å². The zero-order chi connectivity index (χ0) is 26.1. The molecule has 2 unspecified atom stereocenters. The second kappa shape index (κ2) is 6.91. The van der Waals surface area contributed by atoms with Crippen LogP contribution in [0, 0.1) is 0 Å². The van der Waals surface area contributed by atoms with Crippen LogP contribution in [0.3, 0.4) is 0 Å². The quantitative estimate of drug-likeness (QED) is 0.208. The van der Waals surface area contributed by atoms with E-state index in [1.165, 1.54) is 77.9 Å². The van der Waals surface area contributed by atoms with Gasteiger partial charge in [0.1, 0.15) is 0 Å². The molecule has 2 atom stereocenters. The molecule has 4 aliphatic rings. The monoisotopic (exact) mass is 506 g/mol. The third-order valence-electron chi connectivity index (χ3n) is 9.89. The number of hydrogen-bond donors (Lipinski definition) is 0. The molecule has 184 valence electrons. The van der Waals surface area contributed by atoms with Crippen molar-refractivity contribution in [2.45, 2.75) is 10.8 Å². The number of allylic oxidation sites excluding steroid dienone is 2. The summed E-state index contributed by atoms with van der Waals surface area (Å²) in [7, 11) is 0. The van der Waals surface area contributed by atoms with Crippen molar-refractivity contribution in [1.82, 2.24) is 9.97 Å². The Balaban J connectivity index is 1.48. The van der Waals surface area contributed by atoms with Gasteiger partial charge in [-0.25, -0.2) is 0 Å². The molecule has 2 spiro atoms. The number of hydrogen-bond acceptors (Lipinski definition) is 2. The summed E-state index contributed by atoms with van der Waals surface area (Å²) in [5.41, 5.74) is 17.8. The van der Waals surface area contributed by atoms with Crippen molar-refractivity contribution in [3.63, 3.8) is 0 Å². The first kappa shape index (κ1) is 20.8. The first-order chi connectivity index (χ1) is 19.9. The maximum absolute atomic E-state index is 4.60. The second-order valence-electron chi connectivity index (χ2n) is 11.3. The Kier molecular flexibility index (Phi) is 3.60. The largest absolute Gasteiger partial charge is 0.264 e. The summed E-state index contributed by atoms with van der Waals surface area (Å²) < 4.78 is 0. The standard InChI is InChI=1S/C38H22N2/c1-5-13-29-23(9-1)27-21-39-19-17-33(27)37(29)31-15-7-3-11-25(31)36-35(37)26-12-4-8-16-32(26)38(36)30-14-6-2-10-24(30)28-22-40-20-18-34(28)38/h1-22H. The van der Waals surface area contributed by atoms with E-state index >= 15 is 0 Å². The minimum atomic E-state index is -0.412. The molecule has 40 heavy (non-hydrogen) atoms. The van der Waals surface area contributed by atoms with Crippen LogP contribution in [-0.4, -0.2) is 9.97 Å². The van der Waals surface area contributed by atoms with Crippen LogP contribution in [0.25, 0.3) is 33.4 Å². The predicted molar refractivity (Wildman–Crippen MR) is 159 cm³/mol. The minimum absolute atomic E-state index is 0.412. The van der Waals surface area contributed by atoms with E-state index in [2.05, 4.69) is 132 Å². The van der Waals surface area contributed by atoms with Gasteiger partial charge in [0.15, 0.2) is 0 Å². The fraction of sp³-hybridized carbons (Fsp3) is 0.0526. The van der Waals surface area contributed by atoms with Gasteiger partial charge in [0, 0.05) is 35.9 Å². The average Bonchev–Trinajstić information content (AvgIpc) is 3.70. The highest BCUT2D eigenvalue weighted by molar-refractivity contribution is 6.19. The molecule has 2 heteroatoms. The molecule has 6 aromatic rings. The van der Waals surface area contributed by atoms with Gasteiger partial charge in [-0.3, -0.25) is 9.97 Å². The van der Waals surface area contributed by atoms with Crippen molar-refractivity contribution in [3.05, 3.63) is 178 Å². The van der Waals surface area contributed by atoms with Crippen LogP contribution in [0.1, 0.15) is 44.5 Å². The maximum atomic E-state index is 4.60. The molecule has 0 fully saturated rings. The Bertz CT molecular complexity index is 1890. The highest BCUT2D eigenvalue weighted by atomic mass is 14.7. The van der Waals surface area contributed by atoms with Crippen molar-refractivity contribution in [2.75, 3.05) is 0 Å². The molecule has 0 saturated heterocycles. The number of benzene rings is 4. The summed E-state index contributed by atoms with van der Waals surface area (Å²) in [5, 5.41) is 0. The van der Waals surface area contributed by atoms with E-state index in [0.717, 1.165) is 0 Å². The molecule has 4 aromatic carbocycles. The molecule has 2 nitrogen and oxygen atoms in total. The molecule has 0 aliphatic heterocycles. The van der Waals surface area contributed by atoms with Crippen molar-refractivity contribution >= 4 is 11.1 Å². The van der Waals surface area contributed by atoms with Gasteiger partial charge < -0.3 is 0 Å².